The van der Waals surface area contributed by atoms with Gasteiger partial charge in [0.05, 0.1) is 35.7 Å². The molecule has 37 heavy (non-hydrogen) atoms. The lowest BCUT2D eigenvalue weighted by Gasteiger charge is -2.38. The Balaban J connectivity index is 1.25. The van der Waals surface area contributed by atoms with Crippen LogP contribution in [0, 0.1) is 18.3 Å². The monoisotopic (exact) mass is 514 g/mol. The second-order valence-corrected chi connectivity index (χ2v) is 10.3. The average molecular weight is 515 g/mol. The number of hydrogen-bond donors (Lipinski definition) is 2. The number of nitrogens with zero attached hydrogens (tertiary/aromatic N) is 5. The summed E-state index contributed by atoms with van der Waals surface area (Å²) in [6.07, 6.45) is 6.51. The number of anilines is 1. The number of benzene rings is 1. The quantitative estimate of drug-likeness (QED) is 0.329. The number of nitriles is 1. The van der Waals surface area contributed by atoms with Crippen molar-refractivity contribution in [1.82, 2.24) is 19.3 Å². The van der Waals surface area contributed by atoms with Gasteiger partial charge >= 0.3 is 0 Å². The largest absolute Gasteiger partial charge is 0.492 e. The standard InChI is InChI=1S/C28H30N6O2S/c1-3-36-23-14-25(27-22(15-29)17-31-34(27)18-23)21-6-9-26(30-16-21)33-12-10-28(35,11-13-33)19-32-37-24-7-4-20(2)5-8-24/h4-9,14,16-18,32,35H,3,10-13,19H2,1-2H3. The molecule has 9 heteroatoms. The summed E-state index contributed by atoms with van der Waals surface area (Å²) < 4.78 is 10.7. The normalized spacial score (nSPS) is 15.0. The zero-order chi connectivity index (χ0) is 25.8. The van der Waals surface area contributed by atoms with Gasteiger partial charge in [-0.1, -0.05) is 17.7 Å². The molecule has 2 N–H and O–H groups in total. The van der Waals surface area contributed by atoms with E-state index in [1.807, 2.05) is 31.3 Å². The lowest BCUT2D eigenvalue weighted by atomic mass is 9.91. The van der Waals surface area contributed by atoms with Crippen LogP contribution in [0.3, 0.4) is 0 Å². The lowest BCUT2D eigenvalue weighted by molar-refractivity contribution is 0.0220. The first-order chi connectivity index (χ1) is 18.0. The zero-order valence-electron chi connectivity index (χ0n) is 21.0. The fourth-order valence-electron chi connectivity index (χ4n) is 4.57. The van der Waals surface area contributed by atoms with E-state index in [0.717, 1.165) is 40.4 Å². The lowest BCUT2D eigenvalue weighted by Crippen LogP contribution is -2.49. The van der Waals surface area contributed by atoms with Crippen molar-refractivity contribution in [1.29, 1.82) is 5.26 Å². The van der Waals surface area contributed by atoms with E-state index in [4.69, 9.17) is 9.72 Å². The van der Waals surface area contributed by atoms with Crippen LogP contribution in [-0.4, -0.2) is 51.5 Å². The molecule has 0 atom stereocenters. The molecule has 4 aromatic rings. The number of piperidine rings is 1. The van der Waals surface area contributed by atoms with E-state index >= 15 is 0 Å². The number of aryl methyl sites for hydroxylation is 1. The molecule has 0 radical (unpaired) electrons. The maximum absolute atomic E-state index is 11.1. The zero-order valence-corrected chi connectivity index (χ0v) is 21.8. The van der Waals surface area contributed by atoms with Gasteiger partial charge in [-0.05, 0) is 69.0 Å². The van der Waals surface area contributed by atoms with Crippen LogP contribution < -0.4 is 14.4 Å². The predicted molar refractivity (Wildman–Crippen MR) is 146 cm³/mol. The SMILES string of the molecule is CCOc1cc(-c2ccc(N3CCC(O)(CNSc4ccc(C)cc4)CC3)nc2)c2c(C#N)cnn2c1. The Morgan fingerprint density at radius 1 is 1.16 bits per heavy atom. The summed E-state index contributed by atoms with van der Waals surface area (Å²) in [5.74, 6) is 1.56. The molecule has 1 aromatic carbocycles. The van der Waals surface area contributed by atoms with Gasteiger partial charge < -0.3 is 14.7 Å². The third-order valence-corrected chi connectivity index (χ3v) is 7.50. The van der Waals surface area contributed by atoms with E-state index in [0.29, 0.717) is 37.3 Å². The minimum atomic E-state index is -0.741. The first-order valence-corrected chi connectivity index (χ1v) is 13.2. The minimum absolute atomic E-state index is 0.506. The number of fused-ring (bicyclic) bond motifs is 1. The first kappa shape index (κ1) is 25.1. The highest BCUT2D eigenvalue weighted by Gasteiger charge is 2.32. The number of ether oxygens (including phenoxy) is 1. The molecule has 0 saturated carbocycles. The number of aromatic nitrogens is 3. The van der Waals surface area contributed by atoms with Crippen LogP contribution in [0.2, 0.25) is 0 Å². The van der Waals surface area contributed by atoms with Crippen LogP contribution in [0.25, 0.3) is 16.6 Å². The molecule has 0 aliphatic carbocycles. The first-order valence-electron chi connectivity index (χ1n) is 12.4. The molecule has 0 bridgehead atoms. The van der Waals surface area contributed by atoms with Crippen LogP contribution >= 0.6 is 11.9 Å². The molecule has 4 heterocycles. The van der Waals surface area contributed by atoms with Crippen molar-refractivity contribution in [3.8, 4) is 22.9 Å². The molecular weight excluding hydrogens is 484 g/mol. The molecule has 1 aliphatic heterocycles. The molecule has 3 aromatic heterocycles. The number of rotatable bonds is 8. The van der Waals surface area contributed by atoms with E-state index in [1.165, 1.54) is 5.56 Å². The summed E-state index contributed by atoms with van der Waals surface area (Å²) in [5.41, 5.74) is 3.47. The molecule has 0 amide bonds. The van der Waals surface area contributed by atoms with Gasteiger partial charge in [0, 0.05) is 41.9 Å². The number of nitrogens with one attached hydrogen (secondary N) is 1. The maximum atomic E-state index is 11.1. The molecule has 0 unspecified atom stereocenters. The molecule has 1 aliphatic rings. The van der Waals surface area contributed by atoms with E-state index in [-0.39, 0.29) is 0 Å². The number of hydrogen-bond acceptors (Lipinski definition) is 8. The van der Waals surface area contributed by atoms with E-state index < -0.39 is 5.60 Å². The van der Waals surface area contributed by atoms with Crippen molar-refractivity contribution in [2.45, 2.75) is 37.2 Å². The van der Waals surface area contributed by atoms with Crippen molar-refractivity contribution in [2.75, 3.05) is 31.1 Å². The average Bonchev–Trinajstić information content (AvgIpc) is 3.33. The summed E-state index contributed by atoms with van der Waals surface area (Å²) in [6, 6.07) is 16.5. The Bertz CT molecular complexity index is 1400. The Hall–Kier alpha value is -3.58. The maximum Gasteiger partial charge on any atom is 0.138 e. The highest BCUT2D eigenvalue weighted by atomic mass is 32.2. The van der Waals surface area contributed by atoms with Crippen LogP contribution in [0.1, 0.15) is 30.9 Å². The van der Waals surface area contributed by atoms with Crippen LogP contribution in [0.4, 0.5) is 5.82 Å². The third-order valence-electron chi connectivity index (χ3n) is 6.71. The summed E-state index contributed by atoms with van der Waals surface area (Å²) in [6.45, 7) is 6.53. The molecule has 0 spiro atoms. The van der Waals surface area contributed by atoms with Gasteiger partial charge in [0.25, 0.3) is 0 Å². The van der Waals surface area contributed by atoms with Gasteiger partial charge in [0.15, 0.2) is 0 Å². The molecule has 1 fully saturated rings. The Morgan fingerprint density at radius 3 is 2.62 bits per heavy atom. The van der Waals surface area contributed by atoms with Crippen LogP contribution in [-0.2, 0) is 0 Å². The van der Waals surface area contributed by atoms with Gasteiger partial charge in [-0.3, -0.25) is 4.72 Å². The summed E-state index contributed by atoms with van der Waals surface area (Å²) >= 11 is 1.55. The second kappa shape index (κ2) is 10.8. The van der Waals surface area contributed by atoms with Gasteiger partial charge in [-0.25, -0.2) is 9.50 Å². The second-order valence-electron chi connectivity index (χ2n) is 9.34. The van der Waals surface area contributed by atoms with Gasteiger partial charge in [0.1, 0.15) is 17.6 Å². The smallest absolute Gasteiger partial charge is 0.138 e. The third kappa shape index (κ3) is 5.57. The highest BCUT2D eigenvalue weighted by molar-refractivity contribution is 7.97. The number of aliphatic hydroxyl groups is 1. The van der Waals surface area contributed by atoms with E-state index in [1.54, 1.807) is 28.9 Å². The Kier molecular flexibility index (Phi) is 7.33. The predicted octanol–water partition coefficient (Wildman–Crippen LogP) is 4.60. The molecule has 190 valence electrons. The topological polar surface area (TPSA) is 98.7 Å². The van der Waals surface area contributed by atoms with E-state index in [2.05, 4.69) is 52.0 Å². The van der Waals surface area contributed by atoms with Crippen LogP contribution in [0.15, 0.2) is 66.0 Å². The summed E-state index contributed by atoms with van der Waals surface area (Å²) in [5, 5.41) is 25.0. The van der Waals surface area contributed by atoms with Gasteiger partial charge in [0.2, 0.25) is 0 Å². The van der Waals surface area contributed by atoms with Crippen molar-refractivity contribution in [3.05, 3.63) is 72.2 Å². The summed E-state index contributed by atoms with van der Waals surface area (Å²) in [7, 11) is 0. The van der Waals surface area contributed by atoms with Gasteiger partial charge in [-0.2, -0.15) is 10.4 Å². The van der Waals surface area contributed by atoms with Gasteiger partial charge in [-0.15, -0.1) is 0 Å². The minimum Gasteiger partial charge on any atom is -0.492 e. The molecule has 5 rings (SSSR count). The van der Waals surface area contributed by atoms with Crippen molar-refractivity contribution >= 4 is 23.3 Å². The van der Waals surface area contributed by atoms with Crippen LogP contribution in [0.5, 0.6) is 5.75 Å². The van der Waals surface area contributed by atoms with E-state index in [9.17, 15) is 10.4 Å². The Labute approximate surface area is 221 Å². The summed E-state index contributed by atoms with van der Waals surface area (Å²) in [4.78, 5) is 8.07. The molecular formula is C28H30N6O2S. The molecule has 1 saturated heterocycles. The molecule has 8 nitrogen and oxygen atoms in total. The highest BCUT2D eigenvalue weighted by Crippen LogP contribution is 2.32. The van der Waals surface area contributed by atoms with Crippen molar-refractivity contribution in [2.24, 2.45) is 0 Å². The fourth-order valence-corrected chi connectivity index (χ4v) is 5.35. The van der Waals surface area contributed by atoms with Crippen molar-refractivity contribution < 1.29 is 9.84 Å². The fraction of sp³-hybridized carbons (Fsp3) is 0.321. The Morgan fingerprint density at radius 2 is 1.95 bits per heavy atom. The number of pyridine rings is 2. The van der Waals surface area contributed by atoms with Crippen molar-refractivity contribution in [3.63, 3.8) is 0 Å².